The molecule has 1 aliphatic carbocycles. The van der Waals surface area contributed by atoms with E-state index in [1.54, 1.807) is 11.1 Å². The summed E-state index contributed by atoms with van der Waals surface area (Å²) < 4.78 is 0. The van der Waals surface area contributed by atoms with Crippen LogP contribution in [0.1, 0.15) is 24.5 Å². The van der Waals surface area contributed by atoms with Gasteiger partial charge in [-0.1, -0.05) is 31.2 Å². The molecule has 2 rings (SSSR count). The molecule has 0 heteroatoms. The Labute approximate surface area is 68.3 Å². The van der Waals surface area contributed by atoms with E-state index in [1.807, 2.05) is 0 Å². The summed E-state index contributed by atoms with van der Waals surface area (Å²) in [6, 6.07) is 8.83. The molecule has 1 aromatic rings. The molecule has 0 heterocycles. The fourth-order valence-electron chi connectivity index (χ4n) is 1.88. The number of fused-ring (bicyclic) bond motifs is 1. The van der Waals surface area contributed by atoms with Gasteiger partial charge < -0.3 is 0 Å². The van der Waals surface area contributed by atoms with E-state index in [0.717, 1.165) is 5.92 Å². The second kappa shape index (κ2) is 2.69. The molecular weight excluding hydrogens is 132 g/mol. The molecule has 0 unspecified atom stereocenters. The minimum atomic E-state index is 0.893. The van der Waals surface area contributed by atoms with Gasteiger partial charge in [-0.3, -0.25) is 0 Å². The maximum atomic E-state index is 2.34. The van der Waals surface area contributed by atoms with Crippen molar-refractivity contribution in [3.8, 4) is 0 Å². The van der Waals surface area contributed by atoms with E-state index in [9.17, 15) is 0 Å². The van der Waals surface area contributed by atoms with Crippen molar-refractivity contribution in [1.82, 2.24) is 0 Å². The SMILES string of the molecule is C[C@H]1CCc2ccccc2C1. The number of hydrogen-bond donors (Lipinski definition) is 0. The van der Waals surface area contributed by atoms with E-state index < -0.39 is 0 Å². The summed E-state index contributed by atoms with van der Waals surface area (Å²) >= 11 is 0. The Hall–Kier alpha value is -0.780. The number of hydrogen-bond acceptors (Lipinski definition) is 0. The summed E-state index contributed by atoms with van der Waals surface area (Å²) in [7, 11) is 0. The van der Waals surface area contributed by atoms with Crippen LogP contribution in [0, 0.1) is 5.92 Å². The number of benzene rings is 1. The van der Waals surface area contributed by atoms with Crippen LogP contribution in [0.4, 0.5) is 0 Å². The van der Waals surface area contributed by atoms with Crippen LogP contribution in [-0.2, 0) is 12.8 Å². The van der Waals surface area contributed by atoms with Crippen LogP contribution < -0.4 is 0 Å². The Morgan fingerprint density at radius 3 is 2.73 bits per heavy atom. The lowest BCUT2D eigenvalue weighted by Crippen LogP contribution is -2.10. The fraction of sp³-hybridized carbons (Fsp3) is 0.455. The molecule has 0 nitrogen and oxygen atoms in total. The average Bonchev–Trinajstić information content (AvgIpc) is 2.04. The predicted molar refractivity (Wildman–Crippen MR) is 47.6 cm³/mol. The molecule has 0 amide bonds. The predicted octanol–water partition coefficient (Wildman–Crippen LogP) is 2.81. The Bertz CT molecular complexity index is 250. The van der Waals surface area contributed by atoms with E-state index in [4.69, 9.17) is 0 Å². The summed E-state index contributed by atoms with van der Waals surface area (Å²) in [6.07, 6.45) is 3.95. The van der Waals surface area contributed by atoms with Crippen molar-refractivity contribution in [3.63, 3.8) is 0 Å². The quantitative estimate of drug-likeness (QED) is 0.528. The average molecular weight is 146 g/mol. The third kappa shape index (κ3) is 1.30. The molecule has 0 spiro atoms. The topological polar surface area (TPSA) is 0 Å². The van der Waals surface area contributed by atoms with Gasteiger partial charge in [0.25, 0.3) is 0 Å². The normalized spacial score (nSPS) is 22.8. The van der Waals surface area contributed by atoms with Gasteiger partial charge in [-0.15, -0.1) is 0 Å². The molecule has 11 heavy (non-hydrogen) atoms. The highest BCUT2D eigenvalue weighted by molar-refractivity contribution is 5.29. The Morgan fingerprint density at radius 1 is 1.18 bits per heavy atom. The molecule has 0 N–H and O–H groups in total. The maximum Gasteiger partial charge on any atom is -0.0250 e. The molecule has 0 aromatic heterocycles. The van der Waals surface area contributed by atoms with Gasteiger partial charge in [0.1, 0.15) is 0 Å². The van der Waals surface area contributed by atoms with Gasteiger partial charge >= 0.3 is 0 Å². The first-order chi connectivity index (χ1) is 5.36. The van der Waals surface area contributed by atoms with Crippen LogP contribution in [0.5, 0.6) is 0 Å². The zero-order chi connectivity index (χ0) is 7.68. The van der Waals surface area contributed by atoms with Crippen LogP contribution in [0.2, 0.25) is 0 Å². The van der Waals surface area contributed by atoms with E-state index in [2.05, 4.69) is 31.2 Å². The van der Waals surface area contributed by atoms with Crippen molar-refractivity contribution in [2.45, 2.75) is 26.2 Å². The van der Waals surface area contributed by atoms with Gasteiger partial charge in [0, 0.05) is 0 Å². The van der Waals surface area contributed by atoms with Crippen LogP contribution in [0.15, 0.2) is 24.3 Å². The monoisotopic (exact) mass is 146 g/mol. The molecule has 58 valence electrons. The second-order valence-corrected chi connectivity index (χ2v) is 3.62. The summed E-state index contributed by atoms with van der Waals surface area (Å²) in [5.41, 5.74) is 3.15. The maximum absolute atomic E-state index is 2.34. The van der Waals surface area contributed by atoms with Crippen LogP contribution in [0.25, 0.3) is 0 Å². The van der Waals surface area contributed by atoms with Crippen molar-refractivity contribution < 1.29 is 0 Å². The molecule has 0 saturated heterocycles. The van der Waals surface area contributed by atoms with Gasteiger partial charge in [-0.2, -0.15) is 0 Å². The molecule has 0 radical (unpaired) electrons. The van der Waals surface area contributed by atoms with Gasteiger partial charge in [0.2, 0.25) is 0 Å². The highest BCUT2D eigenvalue weighted by Crippen LogP contribution is 2.24. The first kappa shape index (κ1) is 6.90. The van der Waals surface area contributed by atoms with E-state index >= 15 is 0 Å². The Morgan fingerprint density at radius 2 is 1.91 bits per heavy atom. The molecule has 0 saturated carbocycles. The van der Waals surface area contributed by atoms with Gasteiger partial charge in [0.15, 0.2) is 0 Å². The number of rotatable bonds is 0. The zero-order valence-corrected chi connectivity index (χ0v) is 7.01. The summed E-state index contributed by atoms with van der Waals surface area (Å²) in [5.74, 6) is 0.893. The van der Waals surface area contributed by atoms with E-state index in [0.29, 0.717) is 0 Å². The highest BCUT2D eigenvalue weighted by Gasteiger charge is 2.13. The molecule has 1 aromatic carbocycles. The van der Waals surface area contributed by atoms with E-state index in [1.165, 1.54) is 19.3 Å². The van der Waals surface area contributed by atoms with Gasteiger partial charge in [-0.25, -0.2) is 0 Å². The lowest BCUT2D eigenvalue weighted by Gasteiger charge is -2.20. The largest absolute Gasteiger partial charge is 0.0622 e. The van der Waals surface area contributed by atoms with E-state index in [-0.39, 0.29) is 0 Å². The van der Waals surface area contributed by atoms with Crippen molar-refractivity contribution in [2.24, 2.45) is 5.92 Å². The third-order valence-corrected chi connectivity index (χ3v) is 2.59. The number of aryl methyl sites for hydroxylation is 1. The summed E-state index contributed by atoms with van der Waals surface area (Å²) in [6.45, 7) is 2.34. The molecule has 1 atom stereocenters. The lowest BCUT2D eigenvalue weighted by atomic mass is 9.85. The third-order valence-electron chi connectivity index (χ3n) is 2.59. The zero-order valence-electron chi connectivity index (χ0n) is 7.01. The molecule has 1 aliphatic rings. The highest BCUT2D eigenvalue weighted by atomic mass is 14.2. The molecule has 0 bridgehead atoms. The Kier molecular flexibility index (Phi) is 1.69. The lowest BCUT2D eigenvalue weighted by molar-refractivity contribution is 0.501. The van der Waals surface area contributed by atoms with Crippen LogP contribution in [-0.4, -0.2) is 0 Å². The minimum Gasteiger partial charge on any atom is -0.0622 e. The van der Waals surface area contributed by atoms with Crippen molar-refractivity contribution >= 4 is 0 Å². The molecular formula is C11H14. The van der Waals surface area contributed by atoms with Crippen molar-refractivity contribution in [1.29, 1.82) is 0 Å². The fourth-order valence-corrected chi connectivity index (χ4v) is 1.88. The van der Waals surface area contributed by atoms with Gasteiger partial charge in [0.05, 0.1) is 0 Å². The van der Waals surface area contributed by atoms with Crippen LogP contribution in [0.3, 0.4) is 0 Å². The standard InChI is InChI=1S/C11H14/c1-9-6-7-10-4-2-3-5-11(10)8-9/h2-5,9H,6-8H2,1H3/t9-/m0/s1. The molecule has 0 fully saturated rings. The van der Waals surface area contributed by atoms with Gasteiger partial charge in [-0.05, 0) is 36.3 Å². The summed E-state index contributed by atoms with van der Waals surface area (Å²) in [4.78, 5) is 0. The van der Waals surface area contributed by atoms with Crippen LogP contribution >= 0.6 is 0 Å². The van der Waals surface area contributed by atoms with Crippen molar-refractivity contribution in [3.05, 3.63) is 35.4 Å². The molecule has 0 aliphatic heterocycles. The Balaban J connectivity index is 2.34. The first-order valence-corrected chi connectivity index (χ1v) is 4.43. The second-order valence-electron chi connectivity index (χ2n) is 3.62. The summed E-state index contributed by atoms with van der Waals surface area (Å²) in [5, 5.41) is 0. The van der Waals surface area contributed by atoms with Crippen molar-refractivity contribution in [2.75, 3.05) is 0 Å². The first-order valence-electron chi connectivity index (χ1n) is 4.43. The smallest absolute Gasteiger partial charge is 0.0250 e. The minimum absolute atomic E-state index is 0.893.